The van der Waals surface area contributed by atoms with Crippen LogP contribution < -0.4 is 10.6 Å². The van der Waals surface area contributed by atoms with Crippen molar-refractivity contribution in [2.75, 3.05) is 0 Å². The molecule has 1 aromatic heterocycles. The molecule has 0 saturated carbocycles. The second-order valence-electron chi connectivity index (χ2n) is 6.72. The molecule has 0 aliphatic carbocycles. The van der Waals surface area contributed by atoms with Crippen LogP contribution in [0.1, 0.15) is 60.3 Å². The average molecular weight is 325 g/mol. The predicted molar refractivity (Wildman–Crippen MR) is 93.8 cm³/mol. The maximum absolute atomic E-state index is 12.4. The number of pyridine rings is 1. The molecular formula is C19H23N3O2. The van der Waals surface area contributed by atoms with Gasteiger partial charge in [0.25, 0.3) is 11.8 Å². The van der Waals surface area contributed by atoms with Crippen LogP contribution in [0.2, 0.25) is 0 Å². The van der Waals surface area contributed by atoms with Crippen LogP contribution >= 0.6 is 0 Å². The number of carbonyl (C=O) groups is 2. The summed E-state index contributed by atoms with van der Waals surface area (Å²) in [6.45, 7) is 7.58. The summed E-state index contributed by atoms with van der Waals surface area (Å²) in [5.74, 6) is -0.606. The van der Waals surface area contributed by atoms with Crippen molar-refractivity contribution in [1.29, 1.82) is 0 Å². The van der Waals surface area contributed by atoms with Gasteiger partial charge in [-0.25, -0.2) is 4.98 Å². The summed E-state index contributed by atoms with van der Waals surface area (Å²) in [6.07, 6.45) is 0. The largest absolute Gasteiger partial charge is 0.346 e. The first-order chi connectivity index (χ1) is 11.3. The number of aromatic nitrogens is 1. The van der Waals surface area contributed by atoms with Crippen molar-refractivity contribution in [3.05, 3.63) is 65.5 Å². The first-order valence-corrected chi connectivity index (χ1v) is 7.91. The molecule has 0 aliphatic rings. The Balaban J connectivity index is 2.10. The Morgan fingerprint density at radius 2 is 1.50 bits per heavy atom. The molecular weight excluding hydrogens is 302 g/mol. The topological polar surface area (TPSA) is 71.1 Å². The van der Waals surface area contributed by atoms with Gasteiger partial charge < -0.3 is 10.6 Å². The van der Waals surface area contributed by atoms with Gasteiger partial charge in [0, 0.05) is 5.54 Å². The number of amides is 2. The summed E-state index contributed by atoms with van der Waals surface area (Å²) in [4.78, 5) is 28.7. The minimum Gasteiger partial charge on any atom is -0.346 e. The second-order valence-corrected chi connectivity index (χ2v) is 6.72. The molecule has 0 aliphatic heterocycles. The van der Waals surface area contributed by atoms with E-state index < -0.39 is 0 Å². The molecule has 1 atom stereocenters. The highest BCUT2D eigenvalue weighted by molar-refractivity contribution is 5.96. The van der Waals surface area contributed by atoms with E-state index in [1.807, 2.05) is 58.0 Å². The van der Waals surface area contributed by atoms with Crippen molar-refractivity contribution < 1.29 is 9.59 Å². The first kappa shape index (κ1) is 17.7. The van der Waals surface area contributed by atoms with Gasteiger partial charge in [-0.3, -0.25) is 9.59 Å². The molecule has 2 amide bonds. The van der Waals surface area contributed by atoms with Crippen molar-refractivity contribution in [3.63, 3.8) is 0 Å². The quantitative estimate of drug-likeness (QED) is 0.907. The predicted octanol–water partition coefficient (Wildman–Crippen LogP) is 3.10. The molecule has 1 unspecified atom stereocenters. The van der Waals surface area contributed by atoms with Gasteiger partial charge in [-0.05, 0) is 45.4 Å². The number of hydrogen-bond acceptors (Lipinski definition) is 3. The zero-order valence-electron chi connectivity index (χ0n) is 14.5. The molecule has 0 radical (unpaired) electrons. The third-order valence-corrected chi connectivity index (χ3v) is 3.35. The Bertz CT molecular complexity index is 721. The van der Waals surface area contributed by atoms with E-state index in [-0.39, 0.29) is 34.8 Å². The minimum atomic E-state index is -0.362. The molecule has 0 fully saturated rings. The number of rotatable bonds is 4. The lowest BCUT2D eigenvalue weighted by Crippen LogP contribution is -2.41. The van der Waals surface area contributed by atoms with Crippen molar-refractivity contribution in [2.24, 2.45) is 0 Å². The van der Waals surface area contributed by atoms with E-state index in [9.17, 15) is 9.59 Å². The monoisotopic (exact) mass is 325 g/mol. The molecule has 5 nitrogen and oxygen atoms in total. The van der Waals surface area contributed by atoms with Crippen molar-refractivity contribution in [3.8, 4) is 0 Å². The Labute approximate surface area is 142 Å². The van der Waals surface area contributed by atoms with Crippen LogP contribution in [0.25, 0.3) is 0 Å². The summed E-state index contributed by atoms with van der Waals surface area (Å²) in [6, 6.07) is 14.4. The molecule has 0 saturated heterocycles. The van der Waals surface area contributed by atoms with Gasteiger partial charge in [0.2, 0.25) is 0 Å². The van der Waals surface area contributed by atoms with Crippen LogP contribution in [0.5, 0.6) is 0 Å². The van der Waals surface area contributed by atoms with Gasteiger partial charge in [-0.1, -0.05) is 36.4 Å². The van der Waals surface area contributed by atoms with Crippen molar-refractivity contribution in [1.82, 2.24) is 15.6 Å². The van der Waals surface area contributed by atoms with Gasteiger partial charge in [0.05, 0.1) is 6.04 Å². The lowest BCUT2D eigenvalue weighted by Gasteiger charge is -2.20. The molecule has 2 N–H and O–H groups in total. The van der Waals surface area contributed by atoms with Crippen LogP contribution in [0.15, 0.2) is 48.5 Å². The van der Waals surface area contributed by atoms with E-state index >= 15 is 0 Å². The fourth-order valence-electron chi connectivity index (χ4n) is 2.19. The molecule has 2 rings (SSSR count). The van der Waals surface area contributed by atoms with Crippen molar-refractivity contribution >= 4 is 11.8 Å². The third kappa shape index (κ3) is 4.91. The fraction of sp³-hybridized carbons (Fsp3) is 0.316. The molecule has 126 valence electrons. The summed E-state index contributed by atoms with van der Waals surface area (Å²) >= 11 is 0. The smallest absolute Gasteiger partial charge is 0.270 e. The number of nitrogens with one attached hydrogen (secondary N) is 2. The highest BCUT2D eigenvalue weighted by Crippen LogP contribution is 2.12. The van der Waals surface area contributed by atoms with Gasteiger partial charge >= 0.3 is 0 Å². The Morgan fingerprint density at radius 3 is 2.08 bits per heavy atom. The van der Waals surface area contributed by atoms with Crippen LogP contribution in [0.4, 0.5) is 0 Å². The lowest BCUT2D eigenvalue weighted by molar-refractivity contribution is 0.0913. The van der Waals surface area contributed by atoms with Gasteiger partial charge in [0.15, 0.2) is 0 Å². The van der Waals surface area contributed by atoms with Crippen LogP contribution in [-0.2, 0) is 0 Å². The Hall–Kier alpha value is -2.69. The molecule has 2 aromatic rings. The highest BCUT2D eigenvalue weighted by atomic mass is 16.2. The number of carbonyl (C=O) groups excluding carboxylic acids is 2. The zero-order valence-corrected chi connectivity index (χ0v) is 14.5. The van der Waals surface area contributed by atoms with E-state index in [0.717, 1.165) is 5.56 Å². The third-order valence-electron chi connectivity index (χ3n) is 3.35. The summed E-state index contributed by atoms with van der Waals surface area (Å²) in [5, 5.41) is 5.73. The maximum Gasteiger partial charge on any atom is 0.270 e. The van der Waals surface area contributed by atoms with E-state index in [2.05, 4.69) is 15.6 Å². The highest BCUT2D eigenvalue weighted by Gasteiger charge is 2.18. The number of hydrogen-bond donors (Lipinski definition) is 2. The summed E-state index contributed by atoms with van der Waals surface area (Å²) in [5.41, 5.74) is 1.09. The van der Waals surface area contributed by atoms with Crippen LogP contribution in [0.3, 0.4) is 0 Å². The van der Waals surface area contributed by atoms with Gasteiger partial charge in [-0.2, -0.15) is 0 Å². The number of nitrogens with zero attached hydrogens (tertiary/aromatic N) is 1. The first-order valence-electron chi connectivity index (χ1n) is 7.91. The van der Waals surface area contributed by atoms with Gasteiger partial charge in [-0.15, -0.1) is 0 Å². The van der Waals surface area contributed by atoms with E-state index in [1.165, 1.54) is 0 Å². The minimum absolute atomic E-state index is 0.146. The average Bonchev–Trinajstić information content (AvgIpc) is 2.54. The standard InChI is InChI=1S/C19H23N3O2/c1-13(14-9-6-5-7-10-14)20-17(23)15-11-8-12-16(21-15)18(24)22-19(2,3)4/h5-13H,1-4H3,(H,20,23)(H,22,24). The second kappa shape index (κ2) is 7.25. The molecule has 0 spiro atoms. The van der Waals surface area contributed by atoms with Crippen molar-refractivity contribution in [2.45, 2.75) is 39.3 Å². The molecule has 1 heterocycles. The van der Waals surface area contributed by atoms with E-state index in [4.69, 9.17) is 0 Å². The Morgan fingerprint density at radius 1 is 0.917 bits per heavy atom. The normalized spacial score (nSPS) is 12.3. The number of benzene rings is 1. The summed E-state index contributed by atoms with van der Waals surface area (Å²) in [7, 11) is 0. The SMILES string of the molecule is CC(NC(=O)c1cccc(C(=O)NC(C)(C)C)n1)c1ccccc1. The molecule has 5 heteroatoms. The fourth-order valence-corrected chi connectivity index (χ4v) is 2.19. The van der Waals surface area contributed by atoms with E-state index in [1.54, 1.807) is 18.2 Å². The Kier molecular flexibility index (Phi) is 5.34. The van der Waals surface area contributed by atoms with Crippen LogP contribution in [-0.4, -0.2) is 22.3 Å². The molecule has 0 bridgehead atoms. The lowest BCUT2D eigenvalue weighted by atomic mass is 10.1. The van der Waals surface area contributed by atoms with E-state index in [0.29, 0.717) is 0 Å². The zero-order chi connectivity index (χ0) is 17.7. The molecule has 24 heavy (non-hydrogen) atoms. The maximum atomic E-state index is 12.4. The summed E-state index contributed by atoms with van der Waals surface area (Å²) < 4.78 is 0. The van der Waals surface area contributed by atoms with Gasteiger partial charge in [0.1, 0.15) is 11.4 Å². The molecule has 1 aromatic carbocycles. The van der Waals surface area contributed by atoms with Crippen LogP contribution in [0, 0.1) is 0 Å².